The van der Waals surface area contributed by atoms with E-state index < -0.39 is 0 Å². The molecule has 0 unspecified atom stereocenters. The van der Waals surface area contributed by atoms with Crippen molar-refractivity contribution in [1.82, 2.24) is 0 Å². The molecule has 0 N–H and O–H groups in total. The smallest absolute Gasteiger partial charge is 0.409 e. The molecule has 0 fully saturated rings. The Morgan fingerprint density at radius 3 is 2.00 bits per heavy atom. The molecule has 6 aromatic carbocycles. The van der Waals surface area contributed by atoms with Crippen molar-refractivity contribution in [3.05, 3.63) is 145 Å². The van der Waals surface area contributed by atoms with E-state index in [1.54, 1.807) is 0 Å². The Hall–Kier alpha value is -5.02. The number of ether oxygens (including phenoxy) is 1. The first-order chi connectivity index (χ1) is 18.7. The number of rotatable bonds is 4. The SMILES string of the molecule is O=C(Oc1c2ccccc2cc2cc3ccccc3cc12)c1ccc2ccccc2[n+]1Cc1ccccc1. The van der Waals surface area contributed by atoms with Crippen LogP contribution < -0.4 is 9.30 Å². The second kappa shape index (κ2) is 9.13. The zero-order valence-electron chi connectivity index (χ0n) is 20.7. The van der Waals surface area contributed by atoms with Gasteiger partial charge in [0.05, 0.1) is 0 Å². The van der Waals surface area contributed by atoms with E-state index >= 15 is 0 Å². The largest absolute Gasteiger partial charge is 0.417 e. The Morgan fingerprint density at radius 2 is 1.18 bits per heavy atom. The monoisotopic (exact) mass is 490 g/mol. The molecule has 0 amide bonds. The molecular weight excluding hydrogens is 466 g/mol. The van der Waals surface area contributed by atoms with Crippen LogP contribution in [0.5, 0.6) is 5.75 Å². The van der Waals surface area contributed by atoms with Crippen LogP contribution in [0.4, 0.5) is 0 Å². The van der Waals surface area contributed by atoms with Crippen molar-refractivity contribution in [3.8, 4) is 5.75 Å². The standard InChI is InChI=1S/C35H24NO2/c37-35(33-19-18-25-12-7-9-17-32(25)36(33)23-24-10-2-1-3-11-24)38-34-30-16-8-6-15-28(30)21-29-20-26-13-4-5-14-27(26)22-31(29)34/h1-22H,23H2/q+1. The zero-order valence-corrected chi connectivity index (χ0v) is 20.7. The second-order valence-electron chi connectivity index (χ2n) is 9.59. The molecule has 0 saturated carbocycles. The molecule has 0 spiro atoms. The van der Waals surface area contributed by atoms with Gasteiger partial charge >= 0.3 is 5.97 Å². The maximum Gasteiger partial charge on any atom is 0.409 e. The van der Waals surface area contributed by atoms with Crippen LogP contribution in [0.1, 0.15) is 16.1 Å². The maximum absolute atomic E-state index is 14.0. The highest BCUT2D eigenvalue weighted by molar-refractivity contribution is 6.11. The van der Waals surface area contributed by atoms with Crippen LogP contribution in [-0.4, -0.2) is 5.97 Å². The third-order valence-electron chi connectivity index (χ3n) is 7.21. The lowest BCUT2D eigenvalue weighted by atomic mass is 9.98. The van der Waals surface area contributed by atoms with Gasteiger partial charge < -0.3 is 4.74 Å². The number of esters is 1. The lowest BCUT2D eigenvalue weighted by molar-refractivity contribution is -0.664. The first-order valence-corrected chi connectivity index (χ1v) is 12.8. The molecule has 0 bridgehead atoms. The molecule has 3 nitrogen and oxygen atoms in total. The van der Waals surface area contributed by atoms with Crippen molar-refractivity contribution in [2.45, 2.75) is 6.54 Å². The summed E-state index contributed by atoms with van der Waals surface area (Å²) in [5.41, 5.74) is 2.61. The Bertz CT molecular complexity index is 1990. The average Bonchev–Trinajstić information content (AvgIpc) is 2.97. The zero-order chi connectivity index (χ0) is 25.5. The Labute approximate surface area is 220 Å². The van der Waals surface area contributed by atoms with Gasteiger partial charge in [-0.05, 0) is 51.9 Å². The van der Waals surface area contributed by atoms with Crippen molar-refractivity contribution in [2.24, 2.45) is 0 Å². The van der Waals surface area contributed by atoms with Crippen molar-refractivity contribution in [1.29, 1.82) is 0 Å². The summed E-state index contributed by atoms with van der Waals surface area (Å²) in [7, 11) is 0. The lowest BCUT2D eigenvalue weighted by Gasteiger charge is -2.13. The van der Waals surface area contributed by atoms with Crippen molar-refractivity contribution < 1.29 is 14.1 Å². The lowest BCUT2D eigenvalue weighted by Crippen LogP contribution is -2.42. The van der Waals surface area contributed by atoms with Gasteiger partial charge in [0.15, 0.2) is 6.54 Å². The molecule has 0 saturated heterocycles. The number of hydrogen-bond acceptors (Lipinski definition) is 2. The van der Waals surface area contributed by atoms with Gasteiger partial charge in [-0.2, -0.15) is 4.57 Å². The van der Waals surface area contributed by atoms with E-state index in [-0.39, 0.29) is 5.97 Å². The van der Waals surface area contributed by atoms with Gasteiger partial charge in [0.2, 0.25) is 5.52 Å². The third kappa shape index (κ3) is 3.86. The summed E-state index contributed by atoms with van der Waals surface area (Å²) < 4.78 is 8.39. The van der Waals surface area contributed by atoms with E-state index in [4.69, 9.17) is 4.74 Å². The summed E-state index contributed by atoms with van der Waals surface area (Å²) in [6, 6.07) is 45.0. The second-order valence-corrected chi connectivity index (χ2v) is 9.59. The number of fused-ring (bicyclic) bond motifs is 4. The number of pyridine rings is 1. The van der Waals surface area contributed by atoms with Crippen LogP contribution in [0, 0.1) is 0 Å². The van der Waals surface area contributed by atoms with Gasteiger partial charge in [-0.15, -0.1) is 0 Å². The minimum atomic E-state index is -0.377. The summed E-state index contributed by atoms with van der Waals surface area (Å²) in [6.07, 6.45) is 0. The molecule has 0 radical (unpaired) electrons. The van der Waals surface area contributed by atoms with E-state index in [1.165, 1.54) is 0 Å². The minimum absolute atomic E-state index is 0.377. The van der Waals surface area contributed by atoms with Gasteiger partial charge in [0, 0.05) is 33.9 Å². The van der Waals surface area contributed by atoms with E-state index in [2.05, 4.69) is 65.2 Å². The van der Waals surface area contributed by atoms with Gasteiger partial charge in [-0.25, -0.2) is 4.79 Å². The van der Waals surface area contributed by atoms with Crippen LogP contribution >= 0.6 is 0 Å². The number of para-hydroxylation sites is 1. The predicted octanol–water partition coefficient (Wildman–Crippen LogP) is 7.85. The molecule has 38 heavy (non-hydrogen) atoms. The number of aromatic nitrogens is 1. The summed E-state index contributed by atoms with van der Waals surface area (Å²) >= 11 is 0. The van der Waals surface area contributed by atoms with E-state index in [0.717, 1.165) is 48.8 Å². The summed E-state index contributed by atoms with van der Waals surface area (Å²) in [4.78, 5) is 14.0. The highest BCUT2D eigenvalue weighted by atomic mass is 16.5. The fraction of sp³-hybridized carbons (Fsp3) is 0.0286. The Morgan fingerprint density at radius 1 is 0.553 bits per heavy atom. The molecular formula is C35H24NO2+. The van der Waals surface area contributed by atoms with Crippen molar-refractivity contribution in [2.75, 3.05) is 0 Å². The third-order valence-corrected chi connectivity index (χ3v) is 7.21. The summed E-state index contributed by atoms with van der Waals surface area (Å²) in [5.74, 6) is 0.214. The van der Waals surface area contributed by atoms with E-state index in [0.29, 0.717) is 18.0 Å². The van der Waals surface area contributed by atoms with Gasteiger partial charge in [0.1, 0.15) is 5.75 Å². The number of benzene rings is 6. The van der Waals surface area contributed by atoms with Crippen LogP contribution in [0.3, 0.4) is 0 Å². The number of nitrogens with zero attached hydrogens (tertiary/aromatic N) is 1. The summed E-state index contributed by atoms with van der Waals surface area (Å²) in [5, 5.41) is 7.25. The maximum atomic E-state index is 14.0. The quantitative estimate of drug-likeness (QED) is 0.109. The fourth-order valence-corrected chi connectivity index (χ4v) is 5.35. The molecule has 7 rings (SSSR count). The van der Waals surface area contributed by atoms with Crippen LogP contribution in [0.15, 0.2) is 133 Å². The van der Waals surface area contributed by atoms with Crippen LogP contribution in [-0.2, 0) is 6.54 Å². The fourth-order valence-electron chi connectivity index (χ4n) is 5.35. The molecule has 3 heteroatoms. The number of hydrogen-bond donors (Lipinski definition) is 0. The number of carbonyl (C=O) groups is 1. The first-order valence-electron chi connectivity index (χ1n) is 12.8. The average molecular weight is 491 g/mol. The predicted molar refractivity (Wildman–Crippen MR) is 154 cm³/mol. The van der Waals surface area contributed by atoms with Crippen molar-refractivity contribution in [3.63, 3.8) is 0 Å². The highest BCUT2D eigenvalue weighted by Gasteiger charge is 2.26. The summed E-state index contributed by atoms with van der Waals surface area (Å²) in [6.45, 7) is 0.563. The molecule has 0 aliphatic heterocycles. The topological polar surface area (TPSA) is 30.2 Å². The van der Waals surface area contributed by atoms with E-state index in [1.807, 2.05) is 72.8 Å². The van der Waals surface area contributed by atoms with Crippen molar-refractivity contribution >= 4 is 49.2 Å². The van der Waals surface area contributed by atoms with E-state index in [9.17, 15) is 4.79 Å². The first kappa shape index (κ1) is 22.2. The van der Waals surface area contributed by atoms with Gasteiger partial charge in [-0.1, -0.05) is 91.0 Å². The van der Waals surface area contributed by atoms with Gasteiger partial charge in [0.25, 0.3) is 5.69 Å². The normalized spacial score (nSPS) is 11.4. The molecule has 1 aromatic heterocycles. The molecule has 1 heterocycles. The van der Waals surface area contributed by atoms with Gasteiger partial charge in [-0.3, -0.25) is 0 Å². The Balaban J connectivity index is 1.41. The molecule has 0 aliphatic carbocycles. The van der Waals surface area contributed by atoms with Crippen LogP contribution in [0.2, 0.25) is 0 Å². The molecule has 7 aromatic rings. The molecule has 0 atom stereocenters. The molecule has 180 valence electrons. The Kier molecular flexibility index (Phi) is 5.33. The minimum Gasteiger partial charge on any atom is -0.417 e. The number of carbonyl (C=O) groups excluding carboxylic acids is 1. The highest BCUT2D eigenvalue weighted by Crippen LogP contribution is 2.37. The molecule has 0 aliphatic rings. The van der Waals surface area contributed by atoms with Crippen LogP contribution in [0.25, 0.3) is 43.2 Å².